The molecule has 2 aliphatic heterocycles. The molecule has 5 nitrogen and oxygen atoms in total. The molecule has 2 aromatic rings. The van der Waals surface area contributed by atoms with Crippen LogP contribution in [0.15, 0.2) is 41.2 Å². The van der Waals surface area contributed by atoms with Crippen molar-refractivity contribution >= 4 is 0 Å². The summed E-state index contributed by atoms with van der Waals surface area (Å²) in [6, 6.07) is 10.7. The fourth-order valence-corrected chi connectivity index (χ4v) is 5.06. The number of hydrogen-bond acceptors (Lipinski definition) is 4. The van der Waals surface area contributed by atoms with Gasteiger partial charge in [-0.2, -0.15) is 5.10 Å². The van der Waals surface area contributed by atoms with Gasteiger partial charge in [0.2, 0.25) is 0 Å². The molecule has 148 valence electrons. The Morgan fingerprint density at radius 2 is 1.71 bits per heavy atom. The fraction of sp³-hybridized carbons (Fsp3) is 0.545. The predicted molar refractivity (Wildman–Crippen MR) is 103 cm³/mol. The Bertz CT molecular complexity index is 908. The molecule has 1 saturated carbocycles. The highest BCUT2D eigenvalue weighted by Crippen LogP contribution is 2.42. The molecule has 0 amide bonds. The number of nitrogens with zero attached hydrogens (tertiary/aromatic N) is 3. The van der Waals surface area contributed by atoms with E-state index in [0.29, 0.717) is 18.8 Å². The van der Waals surface area contributed by atoms with Gasteiger partial charge in [0.05, 0.1) is 17.8 Å². The van der Waals surface area contributed by atoms with Gasteiger partial charge in [-0.05, 0) is 62.3 Å². The quantitative estimate of drug-likeness (QED) is 0.863. The van der Waals surface area contributed by atoms with Crippen LogP contribution in [0.4, 0.5) is 4.39 Å². The third kappa shape index (κ3) is 3.51. The highest BCUT2D eigenvalue weighted by atomic mass is 19.1. The minimum atomic E-state index is -0.899. The van der Waals surface area contributed by atoms with Gasteiger partial charge >= 0.3 is 0 Å². The third-order valence-corrected chi connectivity index (χ3v) is 6.61. The van der Waals surface area contributed by atoms with Gasteiger partial charge in [0.25, 0.3) is 5.56 Å². The number of benzene rings is 1. The lowest BCUT2D eigenvalue weighted by atomic mass is 9.85. The summed E-state index contributed by atoms with van der Waals surface area (Å²) in [5, 5.41) is 15.9. The number of fused-ring (bicyclic) bond motifs is 2. The van der Waals surface area contributed by atoms with Crippen LogP contribution in [0.25, 0.3) is 0 Å². The van der Waals surface area contributed by atoms with E-state index >= 15 is 0 Å². The first-order chi connectivity index (χ1) is 13.5. The zero-order valence-corrected chi connectivity index (χ0v) is 15.9. The van der Waals surface area contributed by atoms with E-state index in [4.69, 9.17) is 0 Å². The molecule has 1 aliphatic carbocycles. The minimum Gasteiger partial charge on any atom is -0.388 e. The standard InChI is InChI=1S/C22H26FN3O2/c23-17-5-1-15(2-6-17)13-25-18-7-8-19(25)12-22(28,11-18)14-26-21(27)10-9-20(24-26)16-3-4-16/h1-2,5-6,9-10,16,18-19,28H,3-4,7-8,11-14H2/t18-,19-/m0/s1. The number of piperidine rings is 1. The van der Waals surface area contributed by atoms with Crippen molar-refractivity contribution in [2.75, 3.05) is 0 Å². The molecule has 0 unspecified atom stereocenters. The summed E-state index contributed by atoms with van der Waals surface area (Å²) in [6.07, 6.45) is 5.67. The summed E-state index contributed by atoms with van der Waals surface area (Å²) < 4.78 is 14.6. The van der Waals surface area contributed by atoms with Gasteiger partial charge in [0.1, 0.15) is 5.82 Å². The normalized spacial score (nSPS) is 29.9. The summed E-state index contributed by atoms with van der Waals surface area (Å²) in [4.78, 5) is 14.7. The number of halogens is 1. The van der Waals surface area contributed by atoms with Crippen LogP contribution < -0.4 is 5.56 Å². The first kappa shape index (κ1) is 18.0. The number of rotatable bonds is 5. The summed E-state index contributed by atoms with van der Waals surface area (Å²) in [7, 11) is 0. The SMILES string of the molecule is O=c1ccc(C2CC2)nn1CC1(O)C[C@@H]2CC[C@@H](C1)N2Cc1ccc(F)cc1. The van der Waals surface area contributed by atoms with Crippen LogP contribution in [-0.2, 0) is 13.1 Å². The summed E-state index contributed by atoms with van der Waals surface area (Å²) in [5.41, 5.74) is 1.03. The summed E-state index contributed by atoms with van der Waals surface area (Å²) in [5.74, 6) is 0.265. The van der Waals surface area contributed by atoms with Crippen molar-refractivity contribution in [2.24, 2.45) is 0 Å². The molecule has 1 aromatic carbocycles. The van der Waals surface area contributed by atoms with Gasteiger partial charge < -0.3 is 5.11 Å². The second-order valence-electron chi connectivity index (χ2n) is 8.84. The maximum absolute atomic E-state index is 13.2. The lowest BCUT2D eigenvalue weighted by Crippen LogP contribution is -2.53. The minimum absolute atomic E-state index is 0.140. The molecule has 3 aliphatic rings. The number of hydrogen-bond donors (Lipinski definition) is 1. The zero-order valence-electron chi connectivity index (χ0n) is 15.9. The van der Waals surface area contributed by atoms with Crippen LogP contribution in [0.3, 0.4) is 0 Å². The Labute approximate surface area is 163 Å². The van der Waals surface area contributed by atoms with Crippen molar-refractivity contribution in [3.05, 3.63) is 63.8 Å². The number of aromatic nitrogens is 2. The molecular formula is C22H26FN3O2. The fourth-order valence-electron chi connectivity index (χ4n) is 5.06. The summed E-state index contributed by atoms with van der Waals surface area (Å²) in [6.45, 7) is 1.05. The van der Waals surface area contributed by atoms with Crippen LogP contribution in [0, 0.1) is 5.82 Å². The largest absolute Gasteiger partial charge is 0.388 e. The molecular weight excluding hydrogens is 357 g/mol. The maximum Gasteiger partial charge on any atom is 0.266 e. The highest BCUT2D eigenvalue weighted by molar-refractivity contribution is 5.17. The molecule has 2 atom stereocenters. The van der Waals surface area contributed by atoms with Gasteiger partial charge in [-0.1, -0.05) is 12.1 Å². The molecule has 1 N–H and O–H groups in total. The lowest BCUT2D eigenvalue weighted by Gasteiger charge is -2.43. The topological polar surface area (TPSA) is 58.4 Å². The van der Waals surface area contributed by atoms with E-state index < -0.39 is 5.60 Å². The highest BCUT2D eigenvalue weighted by Gasteiger charge is 2.47. The van der Waals surface area contributed by atoms with Crippen molar-refractivity contribution in [1.82, 2.24) is 14.7 Å². The van der Waals surface area contributed by atoms with E-state index in [1.54, 1.807) is 6.07 Å². The molecule has 1 aromatic heterocycles. The van der Waals surface area contributed by atoms with E-state index in [1.165, 1.54) is 16.8 Å². The van der Waals surface area contributed by atoms with Gasteiger partial charge in [-0.3, -0.25) is 9.69 Å². The zero-order chi connectivity index (χ0) is 19.3. The Balaban J connectivity index is 1.31. The molecule has 3 heterocycles. The van der Waals surface area contributed by atoms with Crippen LogP contribution in [-0.4, -0.2) is 37.5 Å². The maximum atomic E-state index is 13.2. The molecule has 3 fully saturated rings. The average molecular weight is 383 g/mol. The van der Waals surface area contributed by atoms with Crippen LogP contribution in [0.2, 0.25) is 0 Å². The van der Waals surface area contributed by atoms with Crippen molar-refractivity contribution in [1.29, 1.82) is 0 Å². The van der Waals surface area contributed by atoms with E-state index in [9.17, 15) is 14.3 Å². The third-order valence-electron chi connectivity index (χ3n) is 6.61. The predicted octanol–water partition coefficient (Wildman–Crippen LogP) is 2.82. The molecule has 2 saturated heterocycles. The Morgan fingerprint density at radius 3 is 2.36 bits per heavy atom. The van der Waals surface area contributed by atoms with Gasteiger partial charge in [0, 0.05) is 30.6 Å². The van der Waals surface area contributed by atoms with E-state index in [0.717, 1.165) is 43.5 Å². The Kier molecular flexibility index (Phi) is 4.36. The van der Waals surface area contributed by atoms with Gasteiger partial charge in [-0.25, -0.2) is 9.07 Å². The van der Waals surface area contributed by atoms with Gasteiger partial charge in [0.15, 0.2) is 0 Å². The van der Waals surface area contributed by atoms with E-state index in [-0.39, 0.29) is 30.0 Å². The summed E-state index contributed by atoms with van der Waals surface area (Å²) >= 11 is 0. The molecule has 0 radical (unpaired) electrons. The molecule has 5 rings (SSSR count). The van der Waals surface area contributed by atoms with E-state index in [2.05, 4.69) is 10.00 Å². The monoisotopic (exact) mass is 383 g/mol. The smallest absolute Gasteiger partial charge is 0.266 e. The molecule has 28 heavy (non-hydrogen) atoms. The Hall–Kier alpha value is -2.05. The van der Waals surface area contributed by atoms with Crippen molar-refractivity contribution in [3.63, 3.8) is 0 Å². The first-order valence-corrected chi connectivity index (χ1v) is 10.3. The molecule has 0 spiro atoms. The molecule has 2 bridgehead atoms. The van der Waals surface area contributed by atoms with Crippen molar-refractivity contribution < 1.29 is 9.50 Å². The second kappa shape index (κ2) is 6.78. The first-order valence-electron chi connectivity index (χ1n) is 10.3. The Morgan fingerprint density at radius 1 is 1.04 bits per heavy atom. The van der Waals surface area contributed by atoms with Crippen molar-refractivity contribution in [2.45, 2.75) is 75.2 Å². The second-order valence-corrected chi connectivity index (χ2v) is 8.84. The van der Waals surface area contributed by atoms with Crippen LogP contribution in [0.1, 0.15) is 55.7 Å². The van der Waals surface area contributed by atoms with Crippen LogP contribution in [0.5, 0.6) is 0 Å². The van der Waals surface area contributed by atoms with Gasteiger partial charge in [-0.15, -0.1) is 0 Å². The van der Waals surface area contributed by atoms with Crippen molar-refractivity contribution in [3.8, 4) is 0 Å². The number of aliphatic hydroxyl groups is 1. The lowest BCUT2D eigenvalue weighted by molar-refractivity contribution is -0.0678. The van der Waals surface area contributed by atoms with E-state index in [1.807, 2.05) is 18.2 Å². The molecule has 6 heteroatoms. The van der Waals surface area contributed by atoms with Crippen LogP contribution >= 0.6 is 0 Å². The average Bonchev–Trinajstić information content (AvgIpc) is 3.47.